The molecular weight excluding hydrogens is 326 g/mol. The fourth-order valence-corrected chi connectivity index (χ4v) is 5.33. The first-order valence-electron chi connectivity index (χ1n) is 8.44. The van der Waals surface area contributed by atoms with Crippen LogP contribution < -0.4 is 0 Å². The Morgan fingerprint density at radius 2 is 1.62 bits per heavy atom. The summed E-state index contributed by atoms with van der Waals surface area (Å²) >= 11 is 0. The monoisotopic (exact) mass is 353 g/mol. The Bertz CT molecular complexity index is 706. The molecule has 134 valence electrons. The third-order valence-corrected chi connectivity index (χ3v) is 7.14. The van der Waals surface area contributed by atoms with Crippen LogP contribution in [0.5, 0.6) is 0 Å². The number of aryl methyl sites for hydroxylation is 2. The van der Waals surface area contributed by atoms with Crippen molar-refractivity contribution in [3.8, 4) is 0 Å². The van der Waals surface area contributed by atoms with Crippen LogP contribution >= 0.6 is 0 Å². The Morgan fingerprint density at radius 3 is 2.08 bits per heavy atom. The molecule has 1 aliphatic heterocycles. The van der Waals surface area contributed by atoms with Gasteiger partial charge in [-0.25, -0.2) is 8.42 Å². The summed E-state index contributed by atoms with van der Waals surface area (Å²) in [4.78, 5) is 12.3. The van der Waals surface area contributed by atoms with E-state index in [1.165, 1.54) is 4.31 Å². The van der Waals surface area contributed by atoms with Crippen molar-refractivity contribution in [1.82, 2.24) is 4.31 Å². The number of sulfonamides is 1. The summed E-state index contributed by atoms with van der Waals surface area (Å²) in [6, 6.07) is 2.02. The molecule has 0 unspecified atom stereocenters. The second-order valence-electron chi connectivity index (χ2n) is 6.52. The summed E-state index contributed by atoms with van der Waals surface area (Å²) < 4.78 is 32.9. The summed E-state index contributed by atoms with van der Waals surface area (Å²) in [5.41, 5.74) is 3.59. The first-order chi connectivity index (χ1) is 11.2. The molecule has 0 aliphatic carbocycles. The minimum atomic E-state index is -3.55. The number of hydrogen-bond donors (Lipinski definition) is 0. The molecule has 1 aromatic carbocycles. The van der Waals surface area contributed by atoms with Gasteiger partial charge < -0.3 is 4.74 Å². The number of hydrogen-bond acceptors (Lipinski definition) is 4. The average Bonchev–Trinajstić information content (AvgIpc) is 2.53. The quantitative estimate of drug-likeness (QED) is 0.781. The van der Waals surface area contributed by atoms with E-state index in [-0.39, 0.29) is 11.9 Å². The molecule has 1 heterocycles. The molecule has 2 rings (SSSR count). The molecule has 0 N–H and O–H groups in total. The Kier molecular flexibility index (Phi) is 5.71. The smallest absolute Gasteiger partial charge is 0.309 e. The highest BCUT2D eigenvalue weighted by Crippen LogP contribution is 2.31. The highest BCUT2D eigenvalue weighted by atomic mass is 32.2. The molecular formula is C18H27NO4S. The zero-order chi connectivity index (χ0) is 18.1. The summed E-state index contributed by atoms with van der Waals surface area (Å²) in [6.07, 6.45) is 1.03. The van der Waals surface area contributed by atoms with Crippen LogP contribution in [0.2, 0.25) is 0 Å². The molecule has 0 atom stereocenters. The van der Waals surface area contributed by atoms with Gasteiger partial charge in [0.15, 0.2) is 0 Å². The number of rotatable bonds is 4. The van der Waals surface area contributed by atoms with Gasteiger partial charge in [-0.3, -0.25) is 4.79 Å². The number of carbonyl (C=O) groups is 1. The minimum Gasteiger partial charge on any atom is -0.466 e. The predicted molar refractivity (Wildman–Crippen MR) is 93.5 cm³/mol. The van der Waals surface area contributed by atoms with Crippen molar-refractivity contribution in [2.75, 3.05) is 19.7 Å². The van der Waals surface area contributed by atoms with Crippen molar-refractivity contribution < 1.29 is 17.9 Å². The van der Waals surface area contributed by atoms with Gasteiger partial charge >= 0.3 is 5.97 Å². The average molecular weight is 353 g/mol. The van der Waals surface area contributed by atoms with Crippen LogP contribution in [0.1, 0.15) is 42.0 Å². The van der Waals surface area contributed by atoms with Crippen molar-refractivity contribution in [2.45, 2.75) is 52.4 Å². The van der Waals surface area contributed by atoms with Gasteiger partial charge in [0.1, 0.15) is 0 Å². The minimum absolute atomic E-state index is 0.196. The Labute approximate surface area is 145 Å². The molecule has 1 saturated heterocycles. The number of carbonyl (C=O) groups excluding carboxylic acids is 1. The number of benzene rings is 1. The fourth-order valence-electron chi connectivity index (χ4n) is 3.29. The molecule has 0 amide bonds. The topological polar surface area (TPSA) is 63.7 Å². The van der Waals surface area contributed by atoms with Crippen LogP contribution in [0.15, 0.2) is 11.0 Å². The second kappa shape index (κ2) is 7.23. The van der Waals surface area contributed by atoms with Gasteiger partial charge in [-0.2, -0.15) is 4.31 Å². The molecule has 0 aromatic heterocycles. The Morgan fingerprint density at radius 1 is 1.12 bits per heavy atom. The molecule has 24 heavy (non-hydrogen) atoms. The largest absolute Gasteiger partial charge is 0.466 e. The van der Waals surface area contributed by atoms with Gasteiger partial charge in [0, 0.05) is 13.1 Å². The summed E-state index contributed by atoms with van der Waals surface area (Å²) in [5.74, 6) is -0.411. The maximum Gasteiger partial charge on any atom is 0.309 e. The van der Waals surface area contributed by atoms with Gasteiger partial charge in [-0.05, 0) is 69.7 Å². The lowest BCUT2D eigenvalue weighted by molar-refractivity contribution is -0.149. The van der Waals surface area contributed by atoms with Gasteiger partial charge in [-0.1, -0.05) is 6.07 Å². The van der Waals surface area contributed by atoms with E-state index in [2.05, 4.69) is 0 Å². The molecule has 0 spiro atoms. The molecule has 1 aromatic rings. The van der Waals surface area contributed by atoms with E-state index in [1.54, 1.807) is 6.92 Å². The third-order valence-electron chi connectivity index (χ3n) is 4.97. The molecule has 1 fully saturated rings. The van der Waals surface area contributed by atoms with Gasteiger partial charge in [0.05, 0.1) is 17.4 Å². The second-order valence-corrected chi connectivity index (χ2v) is 8.39. The van der Waals surface area contributed by atoms with Crippen LogP contribution in [-0.2, 0) is 19.6 Å². The lowest BCUT2D eigenvalue weighted by Crippen LogP contribution is -2.41. The zero-order valence-corrected chi connectivity index (χ0v) is 16.0. The maximum atomic E-state index is 13.1. The van der Waals surface area contributed by atoms with E-state index in [0.717, 1.165) is 22.3 Å². The van der Waals surface area contributed by atoms with E-state index < -0.39 is 10.0 Å². The maximum absolute atomic E-state index is 13.1. The summed E-state index contributed by atoms with van der Waals surface area (Å²) in [5, 5.41) is 0. The third kappa shape index (κ3) is 3.49. The van der Waals surface area contributed by atoms with Crippen molar-refractivity contribution >= 4 is 16.0 Å². The van der Waals surface area contributed by atoms with Crippen LogP contribution in [0.3, 0.4) is 0 Å². The van der Waals surface area contributed by atoms with E-state index in [9.17, 15) is 13.2 Å². The van der Waals surface area contributed by atoms with Gasteiger partial charge in [0.2, 0.25) is 10.0 Å². The van der Waals surface area contributed by atoms with E-state index >= 15 is 0 Å². The van der Waals surface area contributed by atoms with E-state index in [1.807, 2.05) is 33.8 Å². The van der Waals surface area contributed by atoms with Crippen molar-refractivity contribution in [3.63, 3.8) is 0 Å². The first-order valence-corrected chi connectivity index (χ1v) is 9.88. The van der Waals surface area contributed by atoms with Crippen LogP contribution in [-0.4, -0.2) is 38.4 Å². The number of esters is 1. The van der Waals surface area contributed by atoms with Crippen molar-refractivity contribution in [1.29, 1.82) is 0 Å². The summed E-state index contributed by atoms with van der Waals surface area (Å²) in [7, 11) is -3.55. The first kappa shape index (κ1) is 18.9. The van der Waals surface area contributed by atoms with Crippen LogP contribution in [0.25, 0.3) is 0 Å². The van der Waals surface area contributed by atoms with Gasteiger partial charge in [0.25, 0.3) is 0 Å². The molecule has 0 saturated carbocycles. The molecule has 0 bridgehead atoms. The number of piperidine rings is 1. The Balaban J connectivity index is 2.26. The highest BCUT2D eigenvalue weighted by molar-refractivity contribution is 7.89. The van der Waals surface area contributed by atoms with Crippen LogP contribution in [0, 0.1) is 33.6 Å². The number of ether oxygens (including phenoxy) is 1. The Hall–Kier alpha value is -1.40. The lowest BCUT2D eigenvalue weighted by Gasteiger charge is -2.31. The van der Waals surface area contributed by atoms with Crippen molar-refractivity contribution in [3.05, 3.63) is 28.3 Å². The standard InChI is InChI=1S/C18H27NO4S/c1-6-23-18(20)16-7-9-19(10-8-16)24(21,22)17-14(4)12(2)11-13(3)15(17)5/h11,16H,6-10H2,1-5H3. The summed E-state index contributed by atoms with van der Waals surface area (Å²) in [6.45, 7) is 10.5. The molecule has 0 radical (unpaired) electrons. The van der Waals surface area contributed by atoms with Crippen LogP contribution in [0.4, 0.5) is 0 Å². The van der Waals surface area contributed by atoms with E-state index in [4.69, 9.17) is 4.74 Å². The predicted octanol–water partition coefficient (Wildman–Crippen LogP) is 2.88. The molecule has 6 heteroatoms. The van der Waals surface area contributed by atoms with E-state index in [0.29, 0.717) is 37.4 Å². The fraction of sp³-hybridized carbons (Fsp3) is 0.611. The highest BCUT2D eigenvalue weighted by Gasteiger charge is 2.34. The number of nitrogens with zero attached hydrogens (tertiary/aromatic N) is 1. The SMILES string of the molecule is CCOC(=O)C1CCN(S(=O)(=O)c2c(C)c(C)cc(C)c2C)CC1. The molecule has 5 nitrogen and oxygen atoms in total. The zero-order valence-electron chi connectivity index (χ0n) is 15.2. The van der Waals surface area contributed by atoms with Crippen molar-refractivity contribution in [2.24, 2.45) is 5.92 Å². The lowest BCUT2D eigenvalue weighted by atomic mass is 9.98. The molecule has 1 aliphatic rings. The normalized spacial score (nSPS) is 17.0. The van der Waals surface area contributed by atoms with Gasteiger partial charge in [-0.15, -0.1) is 0 Å².